The van der Waals surface area contributed by atoms with Crippen molar-refractivity contribution in [3.05, 3.63) is 35.7 Å². The molecule has 2 aliphatic heterocycles. The highest BCUT2D eigenvalue weighted by Crippen LogP contribution is 2.44. The molecule has 0 spiro atoms. The van der Waals surface area contributed by atoms with Crippen LogP contribution in [-0.4, -0.2) is 75.4 Å². The van der Waals surface area contributed by atoms with Crippen LogP contribution < -0.4 is 10.6 Å². The van der Waals surface area contributed by atoms with E-state index in [-0.39, 0.29) is 17.1 Å². The third-order valence-corrected chi connectivity index (χ3v) is 8.54. The van der Waals surface area contributed by atoms with Crippen molar-refractivity contribution in [3.8, 4) is 5.69 Å². The Morgan fingerprint density at radius 2 is 1.91 bits per heavy atom. The molecule has 0 bridgehead atoms. The Balaban J connectivity index is 1.22. The molecule has 35 heavy (non-hydrogen) atoms. The first-order valence-electron chi connectivity index (χ1n) is 12.7. The minimum atomic E-state index is 0.0985. The summed E-state index contributed by atoms with van der Waals surface area (Å²) < 4.78 is 10.0. The molecular formula is C26H36ClN7O. The fraction of sp³-hybridized carbons (Fsp3) is 0.615. The molecule has 2 aromatic heterocycles. The van der Waals surface area contributed by atoms with E-state index in [1.165, 1.54) is 0 Å². The van der Waals surface area contributed by atoms with Crippen molar-refractivity contribution in [2.45, 2.75) is 51.8 Å². The summed E-state index contributed by atoms with van der Waals surface area (Å²) in [5, 5.41) is 11.0. The molecule has 8 nitrogen and oxygen atoms in total. The number of aromatic nitrogens is 4. The predicted octanol–water partition coefficient (Wildman–Crippen LogP) is 3.72. The number of benzene rings is 1. The minimum absolute atomic E-state index is 0.0985. The first-order chi connectivity index (χ1) is 16.7. The van der Waals surface area contributed by atoms with Gasteiger partial charge in [0.05, 0.1) is 59.1 Å². The van der Waals surface area contributed by atoms with Gasteiger partial charge in [-0.3, -0.25) is 9.58 Å². The molecule has 1 aromatic carbocycles. The molecule has 4 heterocycles. The van der Waals surface area contributed by atoms with Gasteiger partial charge in [-0.25, -0.2) is 4.68 Å². The van der Waals surface area contributed by atoms with Crippen molar-refractivity contribution < 1.29 is 4.74 Å². The van der Waals surface area contributed by atoms with E-state index in [0.29, 0.717) is 18.5 Å². The van der Waals surface area contributed by atoms with Crippen molar-refractivity contribution >= 4 is 28.2 Å². The standard InChI is InChI=1S/C26H36ClN7O/c1-25(2,3)24-26(4,16-35-24)32-7-5-31(6-8-32)23-11-22-18(9-20(23)27)13-30-34(22)19-14-29-33(15-19)21-10-17(21)12-28/h9,11,13-15,17,21,24H,5-8,10,12,16,28H2,1-4H3. The van der Waals surface area contributed by atoms with E-state index in [9.17, 15) is 0 Å². The first kappa shape index (κ1) is 23.3. The lowest BCUT2D eigenvalue weighted by Crippen LogP contribution is -2.72. The number of piperazine rings is 1. The number of halogens is 1. The maximum Gasteiger partial charge on any atom is 0.103 e. The fourth-order valence-corrected chi connectivity index (χ4v) is 6.51. The molecule has 6 rings (SSSR count). The van der Waals surface area contributed by atoms with E-state index >= 15 is 0 Å². The maximum atomic E-state index is 6.78. The molecule has 0 amide bonds. The van der Waals surface area contributed by atoms with Crippen molar-refractivity contribution in [3.63, 3.8) is 0 Å². The van der Waals surface area contributed by atoms with Gasteiger partial charge in [0.2, 0.25) is 0 Å². The van der Waals surface area contributed by atoms with Crippen LogP contribution in [0.2, 0.25) is 5.02 Å². The molecule has 3 aromatic rings. The summed E-state index contributed by atoms with van der Waals surface area (Å²) in [6.07, 6.45) is 7.20. The second-order valence-corrected chi connectivity index (χ2v) is 12.2. The zero-order chi connectivity index (χ0) is 24.5. The van der Waals surface area contributed by atoms with Crippen LogP contribution in [0.5, 0.6) is 0 Å². The summed E-state index contributed by atoms with van der Waals surface area (Å²) in [6.45, 7) is 14.6. The minimum Gasteiger partial charge on any atom is -0.374 e. The Morgan fingerprint density at radius 1 is 1.14 bits per heavy atom. The summed E-state index contributed by atoms with van der Waals surface area (Å²) >= 11 is 6.78. The van der Waals surface area contributed by atoms with Gasteiger partial charge in [-0.15, -0.1) is 0 Å². The first-order valence-corrected chi connectivity index (χ1v) is 13.1. The SMILES string of the molecule is CC(C)(C)C1OCC1(C)N1CCN(c2cc3c(cnn3-c3cnn(C4CC4CN)c3)cc2Cl)CC1. The van der Waals surface area contributed by atoms with E-state index in [2.05, 4.69) is 60.0 Å². The molecule has 1 aliphatic carbocycles. The van der Waals surface area contributed by atoms with Gasteiger partial charge in [0.15, 0.2) is 0 Å². The van der Waals surface area contributed by atoms with Crippen molar-refractivity contribution in [2.24, 2.45) is 17.1 Å². The Hall–Kier alpha value is -2.13. The zero-order valence-electron chi connectivity index (χ0n) is 21.1. The molecule has 2 saturated heterocycles. The summed E-state index contributed by atoms with van der Waals surface area (Å²) in [5.74, 6) is 0.536. The number of fused-ring (bicyclic) bond motifs is 1. The van der Waals surface area contributed by atoms with Gasteiger partial charge < -0.3 is 15.4 Å². The van der Waals surface area contributed by atoms with Gasteiger partial charge in [0.1, 0.15) is 5.69 Å². The third kappa shape index (κ3) is 3.86. The number of rotatable bonds is 5. The predicted molar refractivity (Wildman–Crippen MR) is 139 cm³/mol. The average Bonchev–Trinajstić information content (AvgIpc) is 3.24. The summed E-state index contributed by atoms with van der Waals surface area (Å²) in [6, 6.07) is 4.63. The van der Waals surface area contributed by atoms with Crippen LogP contribution in [0.25, 0.3) is 16.6 Å². The zero-order valence-corrected chi connectivity index (χ0v) is 21.9. The highest BCUT2D eigenvalue weighted by atomic mass is 35.5. The number of hydrogen-bond donors (Lipinski definition) is 1. The number of nitrogens with zero attached hydrogens (tertiary/aromatic N) is 6. The molecule has 3 fully saturated rings. The van der Waals surface area contributed by atoms with Gasteiger partial charge in [0.25, 0.3) is 0 Å². The Labute approximate surface area is 211 Å². The monoisotopic (exact) mass is 497 g/mol. The molecule has 1 saturated carbocycles. The Morgan fingerprint density at radius 3 is 2.54 bits per heavy atom. The lowest BCUT2D eigenvalue weighted by molar-refractivity contribution is -0.232. The van der Waals surface area contributed by atoms with Gasteiger partial charge in [0, 0.05) is 31.6 Å². The van der Waals surface area contributed by atoms with Crippen molar-refractivity contribution in [1.29, 1.82) is 0 Å². The second kappa shape index (κ2) is 8.20. The van der Waals surface area contributed by atoms with E-state index in [4.69, 9.17) is 22.1 Å². The normalized spacial score (nSPS) is 29.5. The lowest BCUT2D eigenvalue weighted by atomic mass is 9.73. The Bertz CT molecular complexity index is 1240. The van der Waals surface area contributed by atoms with E-state index in [1.54, 1.807) is 0 Å². The molecule has 188 valence electrons. The number of nitrogens with two attached hydrogens (primary N) is 1. The van der Waals surface area contributed by atoms with Crippen LogP contribution in [-0.2, 0) is 4.74 Å². The van der Waals surface area contributed by atoms with Crippen LogP contribution in [0.1, 0.15) is 40.2 Å². The second-order valence-electron chi connectivity index (χ2n) is 11.8. The lowest BCUT2D eigenvalue weighted by Gasteiger charge is -2.59. The van der Waals surface area contributed by atoms with E-state index < -0.39 is 0 Å². The van der Waals surface area contributed by atoms with Crippen molar-refractivity contribution in [2.75, 3.05) is 44.2 Å². The van der Waals surface area contributed by atoms with Crippen LogP contribution in [0.3, 0.4) is 0 Å². The van der Waals surface area contributed by atoms with Gasteiger partial charge >= 0.3 is 0 Å². The van der Waals surface area contributed by atoms with Crippen LogP contribution in [0.15, 0.2) is 30.7 Å². The van der Waals surface area contributed by atoms with Crippen molar-refractivity contribution in [1.82, 2.24) is 24.5 Å². The Kier molecular flexibility index (Phi) is 5.45. The van der Waals surface area contributed by atoms with Gasteiger partial charge in [-0.05, 0) is 43.4 Å². The third-order valence-electron chi connectivity index (χ3n) is 8.23. The van der Waals surface area contributed by atoms with E-state index in [1.807, 2.05) is 27.8 Å². The van der Waals surface area contributed by atoms with Crippen LogP contribution in [0, 0.1) is 11.3 Å². The van der Waals surface area contributed by atoms with Gasteiger partial charge in [-0.2, -0.15) is 10.2 Å². The molecule has 3 aliphatic rings. The van der Waals surface area contributed by atoms with Crippen LogP contribution in [0.4, 0.5) is 5.69 Å². The highest BCUT2D eigenvalue weighted by Gasteiger charge is 2.54. The fourth-order valence-electron chi connectivity index (χ4n) is 6.22. The molecule has 0 radical (unpaired) electrons. The summed E-state index contributed by atoms with van der Waals surface area (Å²) in [5.41, 5.74) is 9.14. The smallest absolute Gasteiger partial charge is 0.103 e. The topological polar surface area (TPSA) is 77.4 Å². The molecule has 9 heteroatoms. The maximum absolute atomic E-state index is 6.78. The molecule has 4 atom stereocenters. The largest absolute Gasteiger partial charge is 0.374 e. The summed E-state index contributed by atoms with van der Waals surface area (Å²) in [7, 11) is 0. The molecule has 2 N–H and O–H groups in total. The summed E-state index contributed by atoms with van der Waals surface area (Å²) in [4.78, 5) is 5.02. The molecule has 4 unspecified atom stereocenters. The van der Waals surface area contributed by atoms with Crippen LogP contribution >= 0.6 is 11.6 Å². The molecular weight excluding hydrogens is 462 g/mol. The number of ether oxygens (including phenoxy) is 1. The number of hydrogen-bond acceptors (Lipinski definition) is 6. The van der Waals surface area contributed by atoms with Gasteiger partial charge in [-0.1, -0.05) is 32.4 Å². The average molecular weight is 498 g/mol. The highest BCUT2D eigenvalue weighted by molar-refractivity contribution is 6.34. The van der Waals surface area contributed by atoms with E-state index in [0.717, 1.165) is 66.5 Å². The quantitative estimate of drug-likeness (QED) is 0.579. The number of anilines is 1.